The van der Waals surface area contributed by atoms with Gasteiger partial charge >= 0.3 is 0 Å². The van der Waals surface area contributed by atoms with E-state index in [4.69, 9.17) is 4.84 Å². The van der Waals surface area contributed by atoms with E-state index in [1.807, 2.05) is 30.3 Å². The molecule has 22 heavy (non-hydrogen) atoms. The normalized spacial score (nSPS) is 10.3. The average Bonchev–Trinajstić information content (AvgIpc) is 2.59. The Hall–Kier alpha value is -2.33. The van der Waals surface area contributed by atoms with Crippen LogP contribution in [0.3, 0.4) is 0 Å². The van der Waals surface area contributed by atoms with Crippen molar-refractivity contribution in [2.45, 2.75) is 19.9 Å². The van der Waals surface area contributed by atoms with Crippen molar-refractivity contribution < 1.29 is 9.63 Å². The number of rotatable bonds is 6. The van der Waals surface area contributed by atoms with Gasteiger partial charge in [0.05, 0.1) is 7.11 Å². The van der Waals surface area contributed by atoms with E-state index in [2.05, 4.69) is 24.4 Å². The molecule has 0 aliphatic heterocycles. The number of para-hydroxylation sites is 1. The lowest BCUT2D eigenvalue weighted by atomic mass is 10.1. The fraction of sp³-hybridized carbons (Fsp3) is 0.278. The molecule has 0 heterocycles. The quantitative estimate of drug-likeness (QED) is 0.830. The molecule has 0 unspecified atom stereocenters. The van der Waals surface area contributed by atoms with Crippen molar-refractivity contribution in [1.82, 2.24) is 5.06 Å². The number of benzene rings is 2. The van der Waals surface area contributed by atoms with Crippen LogP contribution in [-0.4, -0.2) is 25.1 Å². The Bertz CT molecular complexity index is 640. The Kier molecular flexibility index (Phi) is 5.55. The molecule has 1 N–H and O–H groups in total. The van der Waals surface area contributed by atoms with E-state index >= 15 is 0 Å². The van der Waals surface area contributed by atoms with E-state index in [1.54, 1.807) is 13.1 Å². The standard InChI is InChI=1S/C18H22N2O2/c1-4-15-9-5-6-11-17(15)19-13-14-8-7-10-16(12-14)18(21)20(2)22-3/h5-12,19H,4,13H2,1-3H3. The van der Waals surface area contributed by atoms with Crippen LogP contribution in [0.1, 0.15) is 28.4 Å². The van der Waals surface area contributed by atoms with Crippen LogP contribution in [0.4, 0.5) is 5.69 Å². The lowest BCUT2D eigenvalue weighted by Gasteiger charge is -2.15. The summed E-state index contributed by atoms with van der Waals surface area (Å²) in [6.07, 6.45) is 0.986. The van der Waals surface area contributed by atoms with E-state index in [0.717, 1.165) is 17.7 Å². The van der Waals surface area contributed by atoms with Gasteiger partial charge < -0.3 is 5.32 Å². The molecule has 0 aliphatic carbocycles. The second kappa shape index (κ2) is 7.61. The minimum absolute atomic E-state index is 0.154. The van der Waals surface area contributed by atoms with Crippen LogP contribution in [-0.2, 0) is 17.8 Å². The van der Waals surface area contributed by atoms with Crippen molar-refractivity contribution in [2.24, 2.45) is 0 Å². The third-order valence-corrected chi connectivity index (χ3v) is 3.62. The van der Waals surface area contributed by atoms with E-state index in [1.165, 1.54) is 17.7 Å². The first kappa shape index (κ1) is 16.0. The number of hydrogen-bond acceptors (Lipinski definition) is 3. The number of anilines is 1. The highest BCUT2D eigenvalue weighted by Crippen LogP contribution is 2.17. The number of carbonyl (C=O) groups is 1. The van der Waals surface area contributed by atoms with Crippen molar-refractivity contribution in [3.63, 3.8) is 0 Å². The zero-order valence-electron chi connectivity index (χ0n) is 13.3. The van der Waals surface area contributed by atoms with Crippen LogP contribution in [0.5, 0.6) is 0 Å². The van der Waals surface area contributed by atoms with Crippen molar-refractivity contribution in [3.05, 3.63) is 65.2 Å². The molecule has 0 spiro atoms. The number of nitrogens with zero attached hydrogens (tertiary/aromatic N) is 1. The fourth-order valence-corrected chi connectivity index (χ4v) is 2.28. The maximum atomic E-state index is 12.1. The van der Waals surface area contributed by atoms with Gasteiger partial charge in [-0.3, -0.25) is 9.63 Å². The Morgan fingerprint density at radius 2 is 1.95 bits per heavy atom. The second-order valence-electron chi connectivity index (χ2n) is 5.05. The largest absolute Gasteiger partial charge is 0.381 e. The first-order valence-corrected chi connectivity index (χ1v) is 7.38. The SMILES string of the molecule is CCc1ccccc1NCc1cccc(C(=O)N(C)OC)c1. The Labute approximate surface area is 131 Å². The molecule has 0 atom stereocenters. The number of amides is 1. The molecule has 4 heteroatoms. The fourth-order valence-electron chi connectivity index (χ4n) is 2.28. The van der Waals surface area contributed by atoms with E-state index in [-0.39, 0.29) is 5.91 Å². The first-order valence-electron chi connectivity index (χ1n) is 7.38. The van der Waals surface area contributed by atoms with Crippen molar-refractivity contribution in [3.8, 4) is 0 Å². The zero-order chi connectivity index (χ0) is 15.9. The number of hydroxylamine groups is 2. The number of hydrogen-bond donors (Lipinski definition) is 1. The molecule has 0 radical (unpaired) electrons. The molecule has 2 aromatic rings. The van der Waals surface area contributed by atoms with Gasteiger partial charge in [-0.25, -0.2) is 5.06 Å². The lowest BCUT2D eigenvalue weighted by molar-refractivity contribution is -0.0757. The van der Waals surface area contributed by atoms with Gasteiger partial charge in [-0.2, -0.15) is 0 Å². The summed E-state index contributed by atoms with van der Waals surface area (Å²) in [6, 6.07) is 15.8. The molecule has 1 amide bonds. The topological polar surface area (TPSA) is 41.6 Å². The van der Waals surface area contributed by atoms with Gasteiger partial charge in [0.2, 0.25) is 0 Å². The smallest absolute Gasteiger partial charge is 0.277 e. The molecule has 0 fully saturated rings. The van der Waals surface area contributed by atoms with E-state index < -0.39 is 0 Å². The number of nitrogens with one attached hydrogen (secondary N) is 1. The summed E-state index contributed by atoms with van der Waals surface area (Å²) < 4.78 is 0. The minimum Gasteiger partial charge on any atom is -0.381 e. The second-order valence-corrected chi connectivity index (χ2v) is 5.05. The minimum atomic E-state index is -0.154. The molecule has 0 bridgehead atoms. The summed E-state index contributed by atoms with van der Waals surface area (Å²) in [7, 11) is 3.08. The third kappa shape index (κ3) is 3.86. The predicted molar refractivity (Wildman–Crippen MR) is 88.7 cm³/mol. The Morgan fingerprint density at radius 3 is 2.68 bits per heavy atom. The zero-order valence-corrected chi connectivity index (χ0v) is 13.3. The summed E-state index contributed by atoms with van der Waals surface area (Å²) in [5.41, 5.74) is 4.10. The van der Waals surface area contributed by atoms with Gasteiger partial charge in [0.25, 0.3) is 5.91 Å². The number of aryl methyl sites for hydroxylation is 1. The van der Waals surface area contributed by atoms with E-state index in [0.29, 0.717) is 12.1 Å². The van der Waals surface area contributed by atoms with Gasteiger partial charge in [-0.05, 0) is 35.7 Å². The van der Waals surface area contributed by atoms with Crippen molar-refractivity contribution in [2.75, 3.05) is 19.5 Å². The van der Waals surface area contributed by atoms with Gasteiger partial charge in [-0.15, -0.1) is 0 Å². The van der Waals surface area contributed by atoms with Crippen LogP contribution >= 0.6 is 0 Å². The predicted octanol–water partition coefficient (Wildman–Crippen LogP) is 3.49. The first-order chi connectivity index (χ1) is 10.7. The molecule has 0 saturated carbocycles. The molecular formula is C18H22N2O2. The highest BCUT2D eigenvalue weighted by Gasteiger charge is 2.11. The van der Waals surface area contributed by atoms with Gasteiger partial charge in [0.15, 0.2) is 0 Å². The molecule has 0 aliphatic rings. The van der Waals surface area contributed by atoms with E-state index in [9.17, 15) is 4.79 Å². The highest BCUT2D eigenvalue weighted by molar-refractivity contribution is 5.93. The van der Waals surface area contributed by atoms with Crippen LogP contribution in [0, 0.1) is 0 Å². The van der Waals surface area contributed by atoms with Crippen molar-refractivity contribution >= 4 is 11.6 Å². The molecule has 4 nitrogen and oxygen atoms in total. The molecule has 0 saturated heterocycles. The highest BCUT2D eigenvalue weighted by atomic mass is 16.7. The van der Waals surface area contributed by atoms with Crippen LogP contribution in [0.15, 0.2) is 48.5 Å². The maximum absolute atomic E-state index is 12.1. The van der Waals surface area contributed by atoms with Crippen LogP contribution in [0.2, 0.25) is 0 Å². The van der Waals surface area contributed by atoms with Crippen molar-refractivity contribution in [1.29, 1.82) is 0 Å². The Balaban J connectivity index is 2.09. The van der Waals surface area contributed by atoms with Crippen LogP contribution in [0.25, 0.3) is 0 Å². The summed E-state index contributed by atoms with van der Waals surface area (Å²) >= 11 is 0. The van der Waals surface area contributed by atoms with Crippen LogP contribution < -0.4 is 5.32 Å². The summed E-state index contributed by atoms with van der Waals surface area (Å²) in [5, 5.41) is 4.65. The third-order valence-electron chi connectivity index (χ3n) is 3.62. The molecule has 0 aromatic heterocycles. The lowest BCUT2D eigenvalue weighted by Crippen LogP contribution is -2.25. The monoisotopic (exact) mass is 298 g/mol. The maximum Gasteiger partial charge on any atom is 0.277 e. The summed E-state index contributed by atoms with van der Waals surface area (Å²) in [5.74, 6) is -0.154. The van der Waals surface area contributed by atoms with Gasteiger partial charge in [0, 0.05) is 24.8 Å². The summed E-state index contributed by atoms with van der Waals surface area (Å²) in [4.78, 5) is 17.0. The van der Waals surface area contributed by atoms with Gasteiger partial charge in [-0.1, -0.05) is 37.3 Å². The molecule has 2 aromatic carbocycles. The number of carbonyl (C=O) groups excluding carboxylic acids is 1. The average molecular weight is 298 g/mol. The Morgan fingerprint density at radius 1 is 1.18 bits per heavy atom. The molecular weight excluding hydrogens is 276 g/mol. The van der Waals surface area contributed by atoms with Gasteiger partial charge in [0.1, 0.15) is 0 Å². The summed E-state index contributed by atoms with van der Waals surface area (Å²) in [6.45, 7) is 2.81. The molecule has 2 rings (SSSR count). The molecule has 116 valence electrons.